The standard InChI is InChI=1S/C12H11F5N2O/c1-11(6-3-2-4-7(13)9(6)14)5-8(12(15,16)17)20-10(18)19-11/h2-4,8H,5H2,1H3,(H2,18,19)/t8-,11-/m0/s1. The summed E-state index contributed by atoms with van der Waals surface area (Å²) in [7, 11) is 0. The smallest absolute Gasteiger partial charge is 0.425 e. The van der Waals surface area contributed by atoms with E-state index >= 15 is 0 Å². The van der Waals surface area contributed by atoms with Crippen molar-refractivity contribution in [2.75, 3.05) is 0 Å². The molecule has 1 aromatic carbocycles. The molecule has 1 aromatic rings. The summed E-state index contributed by atoms with van der Waals surface area (Å²) < 4.78 is 69.7. The van der Waals surface area contributed by atoms with E-state index in [9.17, 15) is 22.0 Å². The molecule has 1 heterocycles. The average molecular weight is 294 g/mol. The molecule has 0 fully saturated rings. The molecule has 0 aliphatic carbocycles. The monoisotopic (exact) mass is 294 g/mol. The lowest BCUT2D eigenvalue weighted by Gasteiger charge is -2.35. The van der Waals surface area contributed by atoms with Crippen LogP contribution in [-0.4, -0.2) is 18.3 Å². The fraction of sp³-hybridized carbons (Fsp3) is 0.417. The van der Waals surface area contributed by atoms with Crippen LogP contribution in [0.2, 0.25) is 0 Å². The Morgan fingerprint density at radius 2 is 2.00 bits per heavy atom. The highest BCUT2D eigenvalue weighted by Crippen LogP contribution is 2.40. The molecule has 0 saturated heterocycles. The summed E-state index contributed by atoms with van der Waals surface area (Å²) in [6.07, 6.45) is -7.57. The van der Waals surface area contributed by atoms with Crippen LogP contribution in [0.15, 0.2) is 23.2 Å². The molecular formula is C12H11F5N2O. The SMILES string of the molecule is C[C@@]1(c2cccc(F)c2F)C[C@@H](C(F)(F)F)OC(N)=N1. The van der Waals surface area contributed by atoms with Gasteiger partial charge in [-0.1, -0.05) is 12.1 Å². The van der Waals surface area contributed by atoms with Gasteiger partial charge in [0, 0.05) is 12.0 Å². The van der Waals surface area contributed by atoms with E-state index in [0.29, 0.717) is 0 Å². The zero-order valence-electron chi connectivity index (χ0n) is 10.3. The Bertz CT molecular complexity index is 557. The Morgan fingerprint density at radius 1 is 1.35 bits per heavy atom. The summed E-state index contributed by atoms with van der Waals surface area (Å²) in [5.74, 6) is -2.40. The molecule has 0 unspecified atom stereocenters. The number of halogens is 5. The van der Waals surface area contributed by atoms with Crippen molar-refractivity contribution in [3.63, 3.8) is 0 Å². The Kier molecular flexibility index (Phi) is 3.35. The van der Waals surface area contributed by atoms with Gasteiger partial charge in [0.2, 0.25) is 0 Å². The van der Waals surface area contributed by atoms with Crippen molar-refractivity contribution < 1.29 is 26.7 Å². The number of hydrogen-bond acceptors (Lipinski definition) is 3. The third kappa shape index (κ3) is 2.54. The van der Waals surface area contributed by atoms with Gasteiger partial charge >= 0.3 is 6.18 Å². The van der Waals surface area contributed by atoms with Gasteiger partial charge in [0.1, 0.15) is 0 Å². The van der Waals surface area contributed by atoms with Crippen LogP contribution in [0.25, 0.3) is 0 Å². The highest BCUT2D eigenvalue weighted by Gasteiger charge is 2.50. The Hall–Kier alpha value is -1.86. The predicted octanol–water partition coefficient (Wildman–Crippen LogP) is 2.85. The molecule has 2 N–H and O–H groups in total. The molecule has 1 aliphatic rings. The van der Waals surface area contributed by atoms with Crippen LogP contribution in [0.3, 0.4) is 0 Å². The molecule has 20 heavy (non-hydrogen) atoms. The largest absolute Gasteiger partial charge is 0.452 e. The zero-order valence-corrected chi connectivity index (χ0v) is 10.3. The van der Waals surface area contributed by atoms with Crippen molar-refractivity contribution in [2.24, 2.45) is 10.7 Å². The second-order valence-corrected chi connectivity index (χ2v) is 4.68. The minimum atomic E-state index is -4.67. The van der Waals surface area contributed by atoms with Gasteiger partial charge in [0.25, 0.3) is 6.02 Å². The van der Waals surface area contributed by atoms with Crippen molar-refractivity contribution >= 4 is 6.02 Å². The molecule has 8 heteroatoms. The predicted molar refractivity (Wildman–Crippen MR) is 60.9 cm³/mol. The lowest BCUT2D eigenvalue weighted by molar-refractivity contribution is -0.208. The average Bonchev–Trinajstić information content (AvgIpc) is 2.30. The van der Waals surface area contributed by atoms with Crippen molar-refractivity contribution in [1.29, 1.82) is 0 Å². The van der Waals surface area contributed by atoms with Crippen LogP contribution in [0.1, 0.15) is 18.9 Å². The topological polar surface area (TPSA) is 47.6 Å². The lowest BCUT2D eigenvalue weighted by Crippen LogP contribution is -2.46. The van der Waals surface area contributed by atoms with Gasteiger partial charge in [-0.2, -0.15) is 13.2 Å². The first-order valence-electron chi connectivity index (χ1n) is 5.67. The number of amidine groups is 1. The number of hydrogen-bond donors (Lipinski definition) is 1. The van der Waals surface area contributed by atoms with Crippen LogP contribution in [0.4, 0.5) is 22.0 Å². The molecule has 0 aromatic heterocycles. The van der Waals surface area contributed by atoms with E-state index in [1.165, 1.54) is 19.1 Å². The van der Waals surface area contributed by atoms with Gasteiger partial charge < -0.3 is 10.5 Å². The van der Waals surface area contributed by atoms with Gasteiger partial charge in [0.05, 0.1) is 5.54 Å². The summed E-state index contributed by atoms with van der Waals surface area (Å²) in [6, 6.07) is 2.54. The molecule has 0 amide bonds. The van der Waals surface area contributed by atoms with E-state index in [1.807, 2.05) is 0 Å². The summed E-state index contributed by atoms with van der Waals surface area (Å²) in [4.78, 5) is 3.72. The molecule has 2 atom stereocenters. The number of aliphatic imine (C=N–C) groups is 1. The number of ether oxygens (including phenoxy) is 1. The first-order chi connectivity index (χ1) is 9.13. The second kappa shape index (κ2) is 4.60. The van der Waals surface area contributed by atoms with Gasteiger partial charge in [-0.3, -0.25) is 0 Å². The number of benzene rings is 1. The molecule has 110 valence electrons. The molecule has 0 spiro atoms. The van der Waals surface area contributed by atoms with Crippen LogP contribution in [0.5, 0.6) is 0 Å². The molecule has 3 nitrogen and oxygen atoms in total. The molecule has 2 rings (SSSR count). The lowest BCUT2D eigenvalue weighted by atomic mass is 9.85. The maximum Gasteiger partial charge on any atom is 0.425 e. The Labute approximate surface area is 111 Å². The van der Waals surface area contributed by atoms with Crippen LogP contribution in [-0.2, 0) is 10.3 Å². The van der Waals surface area contributed by atoms with Crippen molar-refractivity contribution in [2.45, 2.75) is 31.2 Å². The number of alkyl halides is 3. The van der Waals surface area contributed by atoms with Gasteiger partial charge in [0.15, 0.2) is 17.7 Å². The Morgan fingerprint density at radius 3 is 2.60 bits per heavy atom. The van der Waals surface area contributed by atoms with Gasteiger partial charge in [-0.25, -0.2) is 13.8 Å². The fourth-order valence-electron chi connectivity index (χ4n) is 2.14. The van der Waals surface area contributed by atoms with Crippen LogP contribution >= 0.6 is 0 Å². The van der Waals surface area contributed by atoms with E-state index in [-0.39, 0.29) is 5.56 Å². The van der Waals surface area contributed by atoms with Crippen molar-refractivity contribution in [1.82, 2.24) is 0 Å². The minimum absolute atomic E-state index is 0.294. The summed E-state index contributed by atoms with van der Waals surface area (Å²) >= 11 is 0. The quantitative estimate of drug-likeness (QED) is 0.810. The van der Waals surface area contributed by atoms with Crippen molar-refractivity contribution in [3.8, 4) is 0 Å². The maximum absolute atomic E-state index is 13.8. The number of rotatable bonds is 1. The fourth-order valence-corrected chi connectivity index (χ4v) is 2.14. The third-order valence-electron chi connectivity index (χ3n) is 3.10. The maximum atomic E-state index is 13.8. The van der Waals surface area contributed by atoms with Crippen LogP contribution < -0.4 is 5.73 Å². The summed E-state index contributed by atoms with van der Waals surface area (Å²) in [6.45, 7) is 1.25. The minimum Gasteiger partial charge on any atom is -0.452 e. The zero-order chi connectivity index (χ0) is 15.1. The Balaban J connectivity index is 2.48. The number of nitrogens with zero attached hydrogens (tertiary/aromatic N) is 1. The molecule has 0 radical (unpaired) electrons. The molecular weight excluding hydrogens is 283 g/mol. The first-order valence-corrected chi connectivity index (χ1v) is 5.67. The van der Waals surface area contributed by atoms with E-state index in [4.69, 9.17) is 5.73 Å². The highest BCUT2D eigenvalue weighted by molar-refractivity contribution is 5.73. The molecule has 0 bridgehead atoms. The third-order valence-corrected chi connectivity index (χ3v) is 3.10. The first kappa shape index (κ1) is 14.5. The van der Waals surface area contributed by atoms with Crippen LogP contribution in [0, 0.1) is 11.6 Å². The summed E-state index contributed by atoms with van der Waals surface area (Å²) in [5, 5.41) is 0. The van der Waals surface area contributed by atoms with Crippen molar-refractivity contribution in [3.05, 3.63) is 35.4 Å². The summed E-state index contributed by atoms with van der Waals surface area (Å²) in [5.41, 5.74) is 3.30. The molecule has 1 aliphatic heterocycles. The van der Waals surface area contributed by atoms with E-state index in [0.717, 1.165) is 6.07 Å². The van der Waals surface area contributed by atoms with E-state index in [1.54, 1.807) is 0 Å². The van der Waals surface area contributed by atoms with E-state index < -0.39 is 41.9 Å². The molecule has 0 saturated carbocycles. The van der Waals surface area contributed by atoms with Gasteiger partial charge in [-0.05, 0) is 13.0 Å². The van der Waals surface area contributed by atoms with Gasteiger partial charge in [-0.15, -0.1) is 0 Å². The highest BCUT2D eigenvalue weighted by atomic mass is 19.4. The van der Waals surface area contributed by atoms with E-state index in [2.05, 4.69) is 9.73 Å². The normalized spacial score (nSPS) is 26.9. The second-order valence-electron chi connectivity index (χ2n) is 4.68. The number of nitrogens with two attached hydrogens (primary N) is 1.